The van der Waals surface area contributed by atoms with Crippen LogP contribution < -0.4 is 0 Å². The second-order valence-corrected chi connectivity index (χ2v) is 3.39. The maximum atomic E-state index is 2.35. The SMILES string of the molecule is CCCCC(C)C1=CCC=C1. The molecule has 1 aliphatic rings. The van der Waals surface area contributed by atoms with Crippen molar-refractivity contribution >= 4 is 0 Å². The zero-order valence-corrected chi connectivity index (χ0v) is 7.64. The molecule has 0 N–H and O–H groups in total. The number of hydrogen-bond donors (Lipinski definition) is 0. The normalized spacial score (nSPS) is 18.5. The molecule has 1 rings (SSSR count). The van der Waals surface area contributed by atoms with Crippen LogP contribution in [0.4, 0.5) is 0 Å². The molecule has 1 unspecified atom stereocenters. The van der Waals surface area contributed by atoms with Crippen molar-refractivity contribution < 1.29 is 0 Å². The van der Waals surface area contributed by atoms with Gasteiger partial charge in [-0.3, -0.25) is 0 Å². The van der Waals surface area contributed by atoms with Crippen molar-refractivity contribution in [2.45, 2.75) is 39.5 Å². The summed E-state index contributed by atoms with van der Waals surface area (Å²) in [6.45, 7) is 4.59. The molecular formula is C11H18. The van der Waals surface area contributed by atoms with Gasteiger partial charge in [-0.1, -0.05) is 44.9 Å². The first kappa shape index (κ1) is 8.58. The minimum absolute atomic E-state index is 0.786. The molecule has 1 aliphatic carbocycles. The Morgan fingerprint density at radius 1 is 1.55 bits per heavy atom. The summed E-state index contributed by atoms with van der Waals surface area (Å²) >= 11 is 0. The molecule has 0 aromatic rings. The molecule has 1 atom stereocenters. The van der Waals surface area contributed by atoms with Crippen LogP contribution in [0.5, 0.6) is 0 Å². The van der Waals surface area contributed by atoms with Gasteiger partial charge in [-0.2, -0.15) is 0 Å². The van der Waals surface area contributed by atoms with Crippen molar-refractivity contribution in [3.63, 3.8) is 0 Å². The molecule has 0 fully saturated rings. The molecule has 0 aromatic heterocycles. The monoisotopic (exact) mass is 150 g/mol. The fourth-order valence-electron chi connectivity index (χ4n) is 1.52. The van der Waals surface area contributed by atoms with Crippen molar-refractivity contribution in [2.24, 2.45) is 5.92 Å². The highest BCUT2D eigenvalue weighted by Crippen LogP contribution is 2.22. The first-order chi connectivity index (χ1) is 5.34. The van der Waals surface area contributed by atoms with Crippen LogP contribution in [-0.2, 0) is 0 Å². The van der Waals surface area contributed by atoms with Crippen molar-refractivity contribution in [3.05, 3.63) is 23.8 Å². The van der Waals surface area contributed by atoms with E-state index in [0.717, 1.165) is 12.3 Å². The van der Waals surface area contributed by atoms with E-state index in [4.69, 9.17) is 0 Å². The van der Waals surface area contributed by atoms with Gasteiger partial charge < -0.3 is 0 Å². The highest BCUT2D eigenvalue weighted by atomic mass is 14.1. The number of hydrogen-bond acceptors (Lipinski definition) is 0. The molecule has 0 aromatic carbocycles. The third-order valence-corrected chi connectivity index (χ3v) is 2.36. The molecule has 62 valence electrons. The van der Waals surface area contributed by atoms with Crippen LogP contribution in [0.15, 0.2) is 23.8 Å². The summed E-state index contributed by atoms with van der Waals surface area (Å²) in [5.41, 5.74) is 1.55. The van der Waals surface area contributed by atoms with Gasteiger partial charge in [0, 0.05) is 0 Å². The summed E-state index contributed by atoms with van der Waals surface area (Å²) in [5.74, 6) is 0.786. The lowest BCUT2D eigenvalue weighted by atomic mass is 9.96. The van der Waals surface area contributed by atoms with Gasteiger partial charge >= 0.3 is 0 Å². The van der Waals surface area contributed by atoms with Gasteiger partial charge in [-0.05, 0) is 24.3 Å². The van der Waals surface area contributed by atoms with Gasteiger partial charge in [-0.15, -0.1) is 0 Å². The predicted molar refractivity (Wildman–Crippen MR) is 50.5 cm³/mol. The van der Waals surface area contributed by atoms with Crippen LogP contribution in [0.2, 0.25) is 0 Å². The molecule has 0 radical (unpaired) electrons. The average Bonchev–Trinajstić information content (AvgIpc) is 2.52. The van der Waals surface area contributed by atoms with Crippen molar-refractivity contribution in [2.75, 3.05) is 0 Å². The molecule has 0 saturated heterocycles. The van der Waals surface area contributed by atoms with Crippen LogP contribution in [0.1, 0.15) is 39.5 Å². The molecule has 0 spiro atoms. The zero-order valence-electron chi connectivity index (χ0n) is 7.64. The molecular weight excluding hydrogens is 132 g/mol. The number of allylic oxidation sites excluding steroid dienone is 4. The summed E-state index contributed by atoms with van der Waals surface area (Å²) in [6, 6.07) is 0. The second kappa shape index (κ2) is 4.38. The standard InChI is InChI=1S/C11H18/c1-3-4-7-10(2)11-8-5-6-9-11/h5,8-10H,3-4,6-7H2,1-2H3. The fourth-order valence-corrected chi connectivity index (χ4v) is 1.52. The maximum Gasteiger partial charge on any atom is -0.0160 e. The summed E-state index contributed by atoms with van der Waals surface area (Å²) in [5, 5.41) is 0. The van der Waals surface area contributed by atoms with E-state index in [9.17, 15) is 0 Å². The molecule has 0 saturated carbocycles. The van der Waals surface area contributed by atoms with Crippen LogP contribution in [0.3, 0.4) is 0 Å². The van der Waals surface area contributed by atoms with Crippen molar-refractivity contribution in [1.82, 2.24) is 0 Å². The molecule has 11 heavy (non-hydrogen) atoms. The Hall–Kier alpha value is -0.520. The van der Waals surface area contributed by atoms with E-state index < -0.39 is 0 Å². The lowest BCUT2D eigenvalue weighted by molar-refractivity contribution is 0.581. The lowest BCUT2D eigenvalue weighted by Crippen LogP contribution is -1.95. The van der Waals surface area contributed by atoms with E-state index in [0.29, 0.717) is 0 Å². The minimum atomic E-state index is 0.786. The zero-order chi connectivity index (χ0) is 8.10. The molecule has 0 nitrogen and oxygen atoms in total. The largest absolute Gasteiger partial charge is 0.0805 e. The Morgan fingerprint density at radius 3 is 2.91 bits per heavy atom. The van der Waals surface area contributed by atoms with E-state index in [-0.39, 0.29) is 0 Å². The second-order valence-electron chi connectivity index (χ2n) is 3.39. The van der Waals surface area contributed by atoms with Gasteiger partial charge in [0.05, 0.1) is 0 Å². The van der Waals surface area contributed by atoms with Gasteiger partial charge in [0.1, 0.15) is 0 Å². The Bertz CT molecular complexity index is 163. The van der Waals surface area contributed by atoms with E-state index in [2.05, 4.69) is 32.1 Å². The Morgan fingerprint density at radius 2 is 2.36 bits per heavy atom. The highest BCUT2D eigenvalue weighted by Gasteiger charge is 2.06. The van der Waals surface area contributed by atoms with E-state index in [1.54, 1.807) is 5.57 Å². The molecule has 0 heteroatoms. The van der Waals surface area contributed by atoms with Crippen LogP contribution in [0, 0.1) is 5.92 Å². The lowest BCUT2D eigenvalue weighted by Gasteiger charge is -2.09. The van der Waals surface area contributed by atoms with Gasteiger partial charge in [0.2, 0.25) is 0 Å². The summed E-state index contributed by atoms with van der Waals surface area (Å²) in [7, 11) is 0. The smallest absolute Gasteiger partial charge is 0.0160 e. The molecule has 0 amide bonds. The topological polar surface area (TPSA) is 0 Å². The number of rotatable bonds is 4. The molecule has 0 bridgehead atoms. The van der Waals surface area contributed by atoms with Gasteiger partial charge in [0.15, 0.2) is 0 Å². The van der Waals surface area contributed by atoms with E-state index in [1.165, 1.54) is 19.3 Å². The average molecular weight is 150 g/mol. The molecule has 0 aliphatic heterocycles. The fraction of sp³-hybridized carbons (Fsp3) is 0.636. The van der Waals surface area contributed by atoms with Crippen molar-refractivity contribution in [3.8, 4) is 0 Å². The third kappa shape index (κ3) is 2.53. The van der Waals surface area contributed by atoms with Crippen LogP contribution >= 0.6 is 0 Å². The molecule has 0 heterocycles. The van der Waals surface area contributed by atoms with Gasteiger partial charge in [-0.25, -0.2) is 0 Å². The predicted octanol–water partition coefficient (Wildman–Crippen LogP) is 3.70. The highest BCUT2D eigenvalue weighted by molar-refractivity contribution is 5.27. The Balaban J connectivity index is 2.29. The quantitative estimate of drug-likeness (QED) is 0.573. The van der Waals surface area contributed by atoms with Crippen molar-refractivity contribution in [1.29, 1.82) is 0 Å². The summed E-state index contributed by atoms with van der Waals surface area (Å²) < 4.78 is 0. The third-order valence-electron chi connectivity index (χ3n) is 2.36. The summed E-state index contributed by atoms with van der Waals surface area (Å²) in [4.78, 5) is 0. The first-order valence-corrected chi connectivity index (χ1v) is 4.71. The van der Waals surface area contributed by atoms with Crippen LogP contribution in [-0.4, -0.2) is 0 Å². The van der Waals surface area contributed by atoms with Gasteiger partial charge in [0.25, 0.3) is 0 Å². The van der Waals surface area contributed by atoms with Crippen LogP contribution in [0.25, 0.3) is 0 Å². The van der Waals surface area contributed by atoms with E-state index >= 15 is 0 Å². The maximum absolute atomic E-state index is 2.35. The van der Waals surface area contributed by atoms with E-state index in [1.807, 2.05) is 0 Å². The Labute approximate surface area is 70.0 Å². The minimum Gasteiger partial charge on any atom is -0.0805 e. The number of unbranched alkanes of at least 4 members (excludes halogenated alkanes) is 1. The first-order valence-electron chi connectivity index (χ1n) is 4.71. The Kier molecular flexibility index (Phi) is 3.41. The summed E-state index contributed by atoms with van der Waals surface area (Å²) in [6.07, 6.45) is 12.1.